The Morgan fingerprint density at radius 1 is 1.00 bits per heavy atom. The first-order chi connectivity index (χ1) is 17.0. The molecular weight excluding hydrogens is 468 g/mol. The van der Waals surface area contributed by atoms with Gasteiger partial charge in [-0.3, -0.25) is 0 Å². The third-order valence-corrected chi connectivity index (χ3v) is 7.03. The van der Waals surface area contributed by atoms with E-state index in [0.717, 1.165) is 34.6 Å². The van der Waals surface area contributed by atoms with E-state index in [9.17, 15) is 15.3 Å². The van der Waals surface area contributed by atoms with Crippen LogP contribution in [0.25, 0.3) is 0 Å². The van der Waals surface area contributed by atoms with E-state index in [1.165, 1.54) is 5.56 Å². The summed E-state index contributed by atoms with van der Waals surface area (Å²) in [5.41, 5.74) is 4.08. The number of benzene rings is 3. The molecule has 3 aromatic carbocycles. The molecule has 3 aromatic rings. The van der Waals surface area contributed by atoms with Crippen LogP contribution in [0.2, 0.25) is 5.02 Å². The molecule has 5 atom stereocenters. The van der Waals surface area contributed by atoms with Crippen molar-refractivity contribution in [2.45, 2.75) is 49.8 Å². The number of rotatable bonds is 7. The molecule has 3 N–H and O–H groups in total. The minimum absolute atomic E-state index is 0.0145. The van der Waals surface area contributed by atoms with Crippen LogP contribution in [-0.2, 0) is 17.6 Å². The molecule has 5 rings (SSSR count). The van der Waals surface area contributed by atoms with Crippen LogP contribution in [0.1, 0.15) is 34.8 Å². The molecule has 0 aromatic heterocycles. The Balaban J connectivity index is 1.20. The van der Waals surface area contributed by atoms with E-state index in [4.69, 9.17) is 25.8 Å². The number of hydrogen-bond donors (Lipinski definition) is 3. The van der Waals surface area contributed by atoms with Gasteiger partial charge in [0.1, 0.15) is 36.4 Å². The first kappa shape index (κ1) is 24.1. The molecule has 35 heavy (non-hydrogen) atoms. The SMILES string of the molecule is OC[C@H]1O[C@@H](c2ccc(Cl)c(Cc3ccc(OC[C@@H]4Cc5ccccc5O4)cc3)c2)C[C@@H](O)[C@@H]1O. The van der Waals surface area contributed by atoms with Crippen molar-refractivity contribution in [2.75, 3.05) is 13.2 Å². The van der Waals surface area contributed by atoms with Gasteiger partial charge in [-0.05, 0) is 52.9 Å². The molecular formula is C28H29ClO6. The predicted molar refractivity (Wildman–Crippen MR) is 132 cm³/mol. The van der Waals surface area contributed by atoms with E-state index in [1.807, 2.05) is 60.7 Å². The smallest absolute Gasteiger partial charge is 0.137 e. The van der Waals surface area contributed by atoms with E-state index < -0.39 is 24.4 Å². The Morgan fingerprint density at radius 3 is 2.57 bits per heavy atom. The van der Waals surface area contributed by atoms with Crippen LogP contribution in [0.15, 0.2) is 66.7 Å². The highest BCUT2D eigenvalue weighted by Crippen LogP contribution is 2.34. The summed E-state index contributed by atoms with van der Waals surface area (Å²) in [6, 6.07) is 21.6. The molecule has 0 saturated carbocycles. The van der Waals surface area contributed by atoms with Crippen molar-refractivity contribution in [1.29, 1.82) is 0 Å². The van der Waals surface area contributed by atoms with Gasteiger partial charge in [0.25, 0.3) is 0 Å². The Labute approximate surface area is 209 Å². The minimum Gasteiger partial charge on any atom is -0.490 e. The molecule has 0 aliphatic carbocycles. The molecule has 0 unspecified atom stereocenters. The highest BCUT2D eigenvalue weighted by molar-refractivity contribution is 6.31. The lowest BCUT2D eigenvalue weighted by molar-refractivity contribution is -0.181. The molecule has 0 bridgehead atoms. The van der Waals surface area contributed by atoms with Gasteiger partial charge in [-0.1, -0.05) is 54.1 Å². The topological polar surface area (TPSA) is 88.4 Å². The van der Waals surface area contributed by atoms with Gasteiger partial charge in [0.05, 0.1) is 18.8 Å². The second-order valence-corrected chi connectivity index (χ2v) is 9.58. The number of para-hydroxylation sites is 1. The van der Waals surface area contributed by atoms with Gasteiger partial charge < -0.3 is 29.5 Å². The van der Waals surface area contributed by atoms with E-state index >= 15 is 0 Å². The maximum atomic E-state index is 10.2. The third kappa shape index (κ3) is 5.47. The maximum absolute atomic E-state index is 10.2. The van der Waals surface area contributed by atoms with Crippen molar-refractivity contribution < 1.29 is 29.5 Å². The zero-order valence-electron chi connectivity index (χ0n) is 19.2. The van der Waals surface area contributed by atoms with Gasteiger partial charge in [-0.2, -0.15) is 0 Å². The second kappa shape index (κ2) is 10.6. The van der Waals surface area contributed by atoms with Crippen LogP contribution in [-0.4, -0.2) is 52.9 Å². The third-order valence-electron chi connectivity index (χ3n) is 6.66. The van der Waals surface area contributed by atoms with E-state index in [1.54, 1.807) is 0 Å². The molecule has 2 heterocycles. The zero-order valence-corrected chi connectivity index (χ0v) is 20.0. The monoisotopic (exact) mass is 496 g/mol. The first-order valence-corrected chi connectivity index (χ1v) is 12.2. The standard InChI is InChI=1S/C28H29ClO6/c29-23-10-7-19(26-14-24(31)28(32)27(15-30)35-26)12-20(23)11-17-5-8-21(9-6-17)33-16-22-13-18-3-1-2-4-25(18)34-22/h1-10,12,22,24,26-28,30-32H,11,13-16H2/t22-,24+,26+,27+,28-/m0/s1. The summed E-state index contributed by atoms with van der Waals surface area (Å²) in [6.07, 6.45) is -1.57. The fourth-order valence-electron chi connectivity index (χ4n) is 4.71. The molecule has 2 aliphatic rings. The van der Waals surface area contributed by atoms with Crippen molar-refractivity contribution in [3.05, 3.63) is 94.0 Å². The average Bonchev–Trinajstić information content (AvgIpc) is 3.29. The molecule has 0 radical (unpaired) electrons. The van der Waals surface area contributed by atoms with Crippen molar-refractivity contribution in [2.24, 2.45) is 0 Å². The number of ether oxygens (including phenoxy) is 3. The fourth-order valence-corrected chi connectivity index (χ4v) is 4.89. The molecule has 6 nitrogen and oxygen atoms in total. The molecule has 0 spiro atoms. The van der Waals surface area contributed by atoms with Gasteiger partial charge in [-0.15, -0.1) is 0 Å². The summed E-state index contributed by atoms with van der Waals surface area (Å²) in [7, 11) is 0. The number of hydrogen-bond acceptors (Lipinski definition) is 6. The second-order valence-electron chi connectivity index (χ2n) is 9.17. The molecule has 184 valence electrons. The van der Waals surface area contributed by atoms with Crippen LogP contribution in [0, 0.1) is 0 Å². The minimum atomic E-state index is -1.10. The lowest BCUT2D eigenvalue weighted by Crippen LogP contribution is -2.47. The van der Waals surface area contributed by atoms with Crippen LogP contribution < -0.4 is 9.47 Å². The van der Waals surface area contributed by atoms with Gasteiger partial charge in [-0.25, -0.2) is 0 Å². The Hall–Kier alpha value is -2.61. The van der Waals surface area contributed by atoms with E-state index in [0.29, 0.717) is 18.1 Å². The lowest BCUT2D eigenvalue weighted by atomic mass is 9.92. The largest absolute Gasteiger partial charge is 0.490 e. The quantitative estimate of drug-likeness (QED) is 0.460. The summed E-state index contributed by atoms with van der Waals surface area (Å²) >= 11 is 6.48. The van der Waals surface area contributed by atoms with Gasteiger partial charge >= 0.3 is 0 Å². The van der Waals surface area contributed by atoms with E-state index in [-0.39, 0.29) is 19.1 Å². The fraction of sp³-hybridized carbons (Fsp3) is 0.357. The summed E-state index contributed by atoms with van der Waals surface area (Å²) in [4.78, 5) is 0. The number of aliphatic hydroxyl groups excluding tert-OH is 3. The summed E-state index contributed by atoms with van der Waals surface area (Å²) in [5.74, 6) is 1.72. The molecule has 2 aliphatic heterocycles. The van der Waals surface area contributed by atoms with Gasteiger partial charge in [0, 0.05) is 17.9 Å². The highest BCUT2D eigenvalue weighted by Gasteiger charge is 2.37. The summed E-state index contributed by atoms with van der Waals surface area (Å²) < 4.78 is 17.7. The van der Waals surface area contributed by atoms with Crippen molar-refractivity contribution >= 4 is 11.6 Å². The van der Waals surface area contributed by atoms with Crippen LogP contribution in [0.3, 0.4) is 0 Å². The van der Waals surface area contributed by atoms with Gasteiger partial charge in [0.2, 0.25) is 0 Å². The summed E-state index contributed by atoms with van der Waals surface area (Å²) in [5, 5.41) is 30.3. The lowest BCUT2D eigenvalue weighted by Gasteiger charge is -2.36. The van der Waals surface area contributed by atoms with Crippen LogP contribution in [0.4, 0.5) is 0 Å². The maximum Gasteiger partial charge on any atom is 0.137 e. The average molecular weight is 497 g/mol. The highest BCUT2D eigenvalue weighted by atomic mass is 35.5. The first-order valence-electron chi connectivity index (χ1n) is 11.9. The van der Waals surface area contributed by atoms with E-state index in [2.05, 4.69) is 6.07 Å². The number of aliphatic hydroxyl groups is 3. The summed E-state index contributed by atoms with van der Waals surface area (Å²) in [6.45, 7) is 0.127. The van der Waals surface area contributed by atoms with Crippen molar-refractivity contribution in [1.82, 2.24) is 0 Å². The Bertz CT molecular complexity index is 1130. The molecule has 1 saturated heterocycles. The van der Waals surface area contributed by atoms with Crippen molar-refractivity contribution in [3.8, 4) is 11.5 Å². The normalized spacial score (nSPS) is 25.7. The van der Waals surface area contributed by atoms with Crippen LogP contribution in [0.5, 0.6) is 11.5 Å². The predicted octanol–water partition coefficient (Wildman–Crippen LogP) is 3.86. The van der Waals surface area contributed by atoms with Crippen molar-refractivity contribution in [3.63, 3.8) is 0 Å². The molecule has 1 fully saturated rings. The van der Waals surface area contributed by atoms with Gasteiger partial charge in [0.15, 0.2) is 0 Å². The Morgan fingerprint density at radius 2 is 1.80 bits per heavy atom. The molecule has 0 amide bonds. The zero-order chi connectivity index (χ0) is 24.4. The van der Waals surface area contributed by atoms with Crippen LogP contribution >= 0.6 is 11.6 Å². The number of halogens is 1. The number of fused-ring (bicyclic) bond motifs is 1. The Kier molecular flexibility index (Phi) is 7.27. The molecule has 7 heteroatoms.